The van der Waals surface area contributed by atoms with E-state index in [2.05, 4.69) is 6.58 Å². The van der Waals surface area contributed by atoms with E-state index in [1.165, 1.54) is 6.08 Å². The molecule has 5 nitrogen and oxygen atoms in total. The Morgan fingerprint density at radius 3 is 2.37 bits per heavy atom. The van der Waals surface area contributed by atoms with Crippen LogP contribution in [0.15, 0.2) is 43.0 Å². The first-order valence-electron chi connectivity index (χ1n) is 8.71. The van der Waals surface area contributed by atoms with Crippen LogP contribution in [0.2, 0.25) is 0 Å². The first-order valence-corrected chi connectivity index (χ1v) is 8.71. The van der Waals surface area contributed by atoms with Gasteiger partial charge in [0.15, 0.2) is 6.10 Å². The van der Waals surface area contributed by atoms with Crippen molar-refractivity contribution in [1.82, 2.24) is 9.80 Å². The van der Waals surface area contributed by atoms with Gasteiger partial charge >= 0.3 is 6.18 Å². The lowest BCUT2D eigenvalue weighted by molar-refractivity contribution is -0.209. The van der Waals surface area contributed by atoms with Crippen LogP contribution in [-0.4, -0.2) is 58.6 Å². The highest BCUT2D eigenvalue weighted by atomic mass is 19.4. The van der Waals surface area contributed by atoms with Gasteiger partial charge in [-0.25, -0.2) is 0 Å². The van der Waals surface area contributed by atoms with Crippen molar-refractivity contribution in [3.63, 3.8) is 0 Å². The average Bonchev–Trinajstić information content (AvgIpc) is 2.66. The fourth-order valence-electron chi connectivity index (χ4n) is 3.08. The number of nitrogens with zero attached hydrogens (tertiary/aromatic N) is 2. The molecule has 0 aliphatic carbocycles. The van der Waals surface area contributed by atoms with E-state index in [1.807, 2.05) is 0 Å². The highest BCUT2D eigenvalue weighted by molar-refractivity contribution is 5.87. The SMILES string of the molecule is C=CC(=O)N1CCC(C(=O)N(Cc2ccccc2)CC(O)C(F)(F)F)CC1. The van der Waals surface area contributed by atoms with Crippen LogP contribution in [0.4, 0.5) is 13.2 Å². The van der Waals surface area contributed by atoms with Crippen LogP contribution < -0.4 is 0 Å². The molecule has 27 heavy (non-hydrogen) atoms. The molecule has 148 valence electrons. The molecule has 0 bridgehead atoms. The highest BCUT2D eigenvalue weighted by Crippen LogP contribution is 2.25. The second-order valence-corrected chi connectivity index (χ2v) is 6.57. The quantitative estimate of drug-likeness (QED) is 0.766. The van der Waals surface area contributed by atoms with Gasteiger partial charge in [0.1, 0.15) is 0 Å². The third-order valence-electron chi connectivity index (χ3n) is 4.63. The molecule has 2 rings (SSSR count). The minimum Gasteiger partial charge on any atom is -0.382 e. The number of alkyl halides is 3. The van der Waals surface area contributed by atoms with Gasteiger partial charge in [-0.1, -0.05) is 36.9 Å². The average molecular weight is 384 g/mol. The van der Waals surface area contributed by atoms with Gasteiger partial charge in [-0.3, -0.25) is 9.59 Å². The summed E-state index contributed by atoms with van der Waals surface area (Å²) in [5, 5.41) is 9.45. The summed E-state index contributed by atoms with van der Waals surface area (Å²) in [5.74, 6) is -1.15. The number of likely N-dealkylation sites (tertiary alicyclic amines) is 1. The molecule has 1 N–H and O–H groups in total. The number of aliphatic hydroxyl groups excluding tert-OH is 1. The van der Waals surface area contributed by atoms with Gasteiger partial charge < -0.3 is 14.9 Å². The molecule has 0 spiro atoms. The number of carbonyl (C=O) groups excluding carboxylic acids is 2. The molecule has 0 saturated carbocycles. The molecule has 1 atom stereocenters. The summed E-state index contributed by atoms with van der Waals surface area (Å²) in [6.45, 7) is 3.29. The number of benzene rings is 1. The first-order chi connectivity index (χ1) is 12.7. The van der Waals surface area contributed by atoms with E-state index in [0.29, 0.717) is 31.5 Å². The van der Waals surface area contributed by atoms with E-state index in [0.717, 1.165) is 4.90 Å². The second-order valence-electron chi connectivity index (χ2n) is 6.57. The number of hydrogen-bond donors (Lipinski definition) is 1. The fourth-order valence-corrected chi connectivity index (χ4v) is 3.08. The van der Waals surface area contributed by atoms with Crippen molar-refractivity contribution in [2.75, 3.05) is 19.6 Å². The zero-order chi connectivity index (χ0) is 20.0. The van der Waals surface area contributed by atoms with Crippen molar-refractivity contribution < 1.29 is 27.9 Å². The van der Waals surface area contributed by atoms with E-state index in [4.69, 9.17) is 0 Å². The summed E-state index contributed by atoms with van der Waals surface area (Å²) in [6.07, 6.45) is -5.47. The molecule has 0 aromatic heterocycles. The second kappa shape index (κ2) is 9.03. The van der Waals surface area contributed by atoms with Crippen LogP contribution in [0.5, 0.6) is 0 Å². The maximum Gasteiger partial charge on any atom is 0.416 e. The van der Waals surface area contributed by atoms with Gasteiger partial charge in [-0.05, 0) is 24.5 Å². The van der Waals surface area contributed by atoms with Crippen LogP contribution in [0, 0.1) is 5.92 Å². The number of rotatable bonds is 6. The molecule has 1 fully saturated rings. The fraction of sp³-hybridized carbons (Fsp3) is 0.474. The standard InChI is InChI=1S/C19H23F3N2O3/c1-2-17(26)23-10-8-15(9-11-23)18(27)24(13-16(25)19(20,21)22)12-14-6-4-3-5-7-14/h2-7,15-16,25H,1,8-13H2. The van der Waals surface area contributed by atoms with Crippen LogP contribution in [0.1, 0.15) is 18.4 Å². The van der Waals surface area contributed by atoms with E-state index >= 15 is 0 Å². The highest BCUT2D eigenvalue weighted by Gasteiger charge is 2.41. The van der Waals surface area contributed by atoms with Gasteiger partial charge in [0.05, 0.1) is 6.54 Å². The molecular weight excluding hydrogens is 361 g/mol. The van der Waals surface area contributed by atoms with E-state index in [-0.39, 0.29) is 12.5 Å². The minimum absolute atomic E-state index is 0.0153. The van der Waals surface area contributed by atoms with Gasteiger partial charge in [0.25, 0.3) is 0 Å². The molecular formula is C19H23F3N2O3. The van der Waals surface area contributed by atoms with Crippen molar-refractivity contribution in [1.29, 1.82) is 0 Å². The van der Waals surface area contributed by atoms with Crippen molar-refractivity contribution in [3.05, 3.63) is 48.6 Å². The lowest BCUT2D eigenvalue weighted by Gasteiger charge is -2.34. The van der Waals surface area contributed by atoms with Gasteiger partial charge in [0, 0.05) is 25.6 Å². The summed E-state index contributed by atoms with van der Waals surface area (Å²) in [6, 6.07) is 8.67. The number of halogens is 3. The molecule has 1 unspecified atom stereocenters. The third-order valence-corrected chi connectivity index (χ3v) is 4.63. The Bertz CT molecular complexity index is 656. The molecule has 1 saturated heterocycles. The molecule has 8 heteroatoms. The lowest BCUT2D eigenvalue weighted by Crippen LogP contribution is -2.48. The third kappa shape index (κ3) is 5.82. The number of aliphatic hydroxyl groups is 1. The van der Waals surface area contributed by atoms with Gasteiger partial charge in [-0.15, -0.1) is 0 Å². The molecule has 0 radical (unpaired) electrons. The lowest BCUT2D eigenvalue weighted by atomic mass is 9.94. The summed E-state index contributed by atoms with van der Waals surface area (Å²) in [4.78, 5) is 27.1. The molecule has 1 heterocycles. The molecule has 2 amide bonds. The van der Waals surface area contributed by atoms with E-state index in [9.17, 15) is 27.9 Å². The van der Waals surface area contributed by atoms with Crippen LogP contribution in [0.25, 0.3) is 0 Å². The summed E-state index contributed by atoms with van der Waals surface area (Å²) < 4.78 is 38.4. The number of carbonyl (C=O) groups is 2. The van der Waals surface area contributed by atoms with Crippen LogP contribution in [-0.2, 0) is 16.1 Å². The smallest absolute Gasteiger partial charge is 0.382 e. The maximum atomic E-state index is 12.8. The summed E-state index contributed by atoms with van der Waals surface area (Å²) in [5.41, 5.74) is 0.680. The molecule has 1 aliphatic heterocycles. The molecule has 1 aromatic carbocycles. The van der Waals surface area contributed by atoms with Crippen molar-refractivity contribution in [3.8, 4) is 0 Å². The van der Waals surface area contributed by atoms with E-state index < -0.39 is 30.7 Å². The number of hydrogen-bond acceptors (Lipinski definition) is 3. The largest absolute Gasteiger partial charge is 0.416 e. The van der Waals surface area contributed by atoms with Crippen molar-refractivity contribution >= 4 is 11.8 Å². The minimum atomic E-state index is -4.80. The Hall–Kier alpha value is -2.35. The van der Waals surface area contributed by atoms with Crippen LogP contribution in [0.3, 0.4) is 0 Å². The Morgan fingerprint density at radius 2 is 1.85 bits per heavy atom. The normalized spacial score (nSPS) is 16.7. The Balaban J connectivity index is 2.08. The van der Waals surface area contributed by atoms with E-state index in [1.54, 1.807) is 35.2 Å². The van der Waals surface area contributed by atoms with Gasteiger partial charge in [0.2, 0.25) is 11.8 Å². The number of amides is 2. The maximum absolute atomic E-state index is 12.8. The summed E-state index contributed by atoms with van der Waals surface area (Å²) in [7, 11) is 0. The Labute approximate surface area is 156 Å². The predicted octanol–water partition coefficient (Wildman–Crippen LogP) is 2.36. The Kier molecular flexibility index (Phi) is 7.01. The zero-order valence-corrected chi connectivity index (χ0v) is 14.9. The predicted molar refractivity (Wildman–Crippen MR) is 93.4 cm³/mol. The number of piperidine rings is 1. The monoisotopic (exact) mass is 384 g/mol. The molecule has 1 aromatic rings. The molecule has 1 aliphatic rings. The van der Waals surface area contributed by atoms with Gasteiger partial charge in [-0.2, -0.15) is 13.2 Å². The summed E-state index contributed by atoms with van der Waals surface area (Å²) >= 11 is 0. The zero-order valence-electron chi connectivity index (χ0n) is 14.9. The Morgan fingerprint density at radius 1 is 1.26 bits per heavy atom. The van der Waals surface area contributed by atoms with Crippen molar-refractivity contribution in [2.45, 2.75) is 31.7 Å². The van der Waals surface area contributed by atoms with Crippen LogP contribution >= 0.6 is 0 Å². The topological polar surface area (TPSA) is 60.9 Å². The first kappa shape index (κ1) is 21.0. The van der Waals surface area contributed by atoms with Crippen molar-refractivity contribution in [2.24, 2.45) is 5.92 Å².